The number of ether oxygens (including phenoxy) is 6. The third-order valence-electron chi connectivity index (χ3n) is 5.27. The van der Waals surface area contributed by atoms with E-state index in [0.29, 0.717) is 17.9 Å². The number of hydrogen-bond donors (Lipinski definition) is 2. The molecule has 0 aromatic heterocycles. The summed E-state index contributed by atoms with van der Waals surface area (Å²) in [5.41, 5.74) is 4.71. The van der Waals surface area contributed by atoms with Gasteiger partial charge in [-0.15, -0.1) is 0 Å². The molecule has 0 fully saturated rings. The van der Waals surface area contributed by atoms with Crippen molar-refractivity contribution in [3.05, 3.63) is 23.8 Å². The Bertz CT molecular complexity index is 992. The summed E-state index contributed by atoms with van der Waals surface area (Å²) in [5, 5.41) is 9.91. The summed E-state index contributed by atoms with van der Waals surface area (Å²) < 4.78 is 30.7. The number of aliphatic carboxylic acids is 1. The number of nitrogens with two attached hydrogens (primary N) is 1. The molecule has 1 aromatic rings. The fourth-order valence-corrected chi connectivity index (χ4v) is 3.26. The zero-order valence-electron chi connectivity index (χ0n) is 24.4. The summed E-state index contributed by atoms with van der Waals surface area (Å²) in [6.07, 6.45) is -3.67. The van der Waals surface area contributed by atoms with Crippen molar-refractivity contribution in [2.45, 2.75) is 79.4 Å². The fraction of sp³-hybridized carbons (Fsp3) is 0.643. The van der Waals surface area contributed by atoms with Crippen molar-refractivity contribution < 1.29 is 52.7 Å². The molecule has 0 aliphatic heterocycles. The summed E-state index contributed by atoms with van der Waals surface area (Å²) in [5.74, 6) is -1.23. The molecule has 3 N–H and O–H groups in total. The quantitative estimate of drug-likeness (QED) is 0.158. The van der Waals surface area contributed by atoms with Crippen LogP contribution in [0.3, 0.4) is 0 Å². The van der Waals surface area contributed by atoms with E-state index in [1.807, 2.05) is 41.5 Å². The van der Waals surface area contributed by atoms with E-state index in [9.17, 15) is 24.3 Å². The van der Waals surface area contributed by atoms with Gasteiger partial charge in [0.2, 0.25) is 0 Å². The molecule has 226 valence electrons. The van der Waals surface area contributed by atoms with Crippen molar-refractivity contribution in [2.75, 3.05) is 19.8 Å². The maximum absolute atomic E-state index is 12.2. The largest absolute Gasteiger partial charge is 0.513 e. The lowest BCUT2D eigenvalue weighted by molar-refractivity contribution is -0.144. The molecule has 0 aliphatic carbocycles. The maximum atomic E-state index is 12.2. The Balaban J connectivity index is 3.08. The molecule has 1 rings (SSSR count). The summed E-state index contributed by atoms with van der Waals surface area (Å²) in [4.78, 5) is 48.5. The van der Waals surface area contributed by atoms with Crippen LogP contribution in [0.25, 0.3) is 0 Å². The van der Waals surface area contributed by atoms with Gasteiger partial charge in [0.15, 0.2) is 11.5 Å². The Hall–Kier alpha value is -3.54. The number of hydrogen-bond acceptors (Lipinski definition) is 11. The van der Waals surface area contributed by atoms with Crippen LogP contribution in [0, 0.1) is 17.8 Å². The van der Waals surface area contributed by atoms with Gasteiger partial charge < -0.3 is 39.3 Å². The van der Waals surface area contributed by atoms with E-state index < -0.39 is 36.1 Å². The van der Waals surface area contributed by atoms with E-state index in [4.69, 9.17) is 34.2 Å². The molecule has 0 bridgehead atoms. The molecule has 0 spiro atoms. The second kappa shape index (κ2) is 16.5. The maximum Gasteiger partial charge on any atom is 0.513 e. The molecule has 12 heteroatoms. The molecule has 2 atom stereocenters. The van der Waals surface area contributed by atoms with Crippen LogP contribution in [0.5, 0.6) is 11.5 Å². The first-order valence-corrected chi connectivity index (χ1v) is 13.3. The smallest absolute Gasteiger partial charge is 0.480 e. The highest BCUT2D eigenvalue weighted by atomic mass is 16.7. The van der Waals surface area contributed by atoms with Crippen LogP contribution in [0.2, 0.25) is 0 Å². The topological polar surface area (TPSA) is 170 Å². The van der Waals surface area contributed by atoms with Crippen LogP contribution in [0.1, 0.15) is 66.9 Å². The third kappa shape index (κ3) is 13.5. The Morgan fingerprint density at radius 3 is 1.85 bits per heavy atom. The zero-order chi connectivity index (χ0) is 30.5. The molecule has 0 saturated carbocycles. The highest BCUT2D eigenvalue weighted by Gasteiger charge is 2.37. The Labute approximate surface area is 235 Å². The second-order valence-electron chi connectivity index (χ2n) is 10.9. The van der Waals surface area contributed by atoms with Crippen molar-refractivity contribution in [1.29, 1.82) is 0 Å². The molecule has 1 unspecified atom stereocenters. The number of carbonyl (C=O) groups excluding carboxylic acids is 3. The molecule has 1 aromatic carbocycles. The molecular weight excluding hydrogens is 526 g/mol. The van der Waals surface area contributed by atoms with E-state index in [1.54, 1.807) is 0 Å². The highest BCUT2D eigenvalue weighted by Crippen LogP contribution is 2.31. The third-order valence-corrected chi connectivity index (χ3v) is 5.27. The average Bonchev–Trinajstić information content (AvgIpc) is 2.82. The normalized spacial score (nSPS) is 13.4. The summed E-state index contributed by atoms with van der Waals surface area (Å²) in [6.45, 7) is 13.2. The second-order valence-corrected chi connectivity index (χ2v) is 10.9. The summed E-state index contributed by atoms with van der Waals surface area (Å²) in [7, 11) is 0. The van der Waals surface area contributed by atoms with Gasteiger partial charge in [-0.1, -0.05) is 47.6 Å². The molecule has 0 aliphatic rings. The minimum absolute atomic E-state index is 0.0470. The van der Waals surface area contributed by atoms with Crippen LogP contribution in [0.4, 0.5) is 14.4 Å². The van der Waals surface area contributed by atoms with Crippen molar-refractivity contribution >= 4 is 24.4 Å². The van der Waals surface area contributed by atoms with Gasteiger partial charge in [0.25, 0.3) is 0 Å². The fourth-order valence-electron chi connectivity index (χ4n) is 3.26. The van der Waals surface area contributed by atoms with Crippen LogP contribution < -0.4 is 15.2 Å². The van der Waals surface area contributed by atoms with Gasteiger partial charge in [-0.25, -0.2) is 14.4 Å². The van der Waals surface area contributed by atoms with Crippen molar-refractivity contribution in [3.8, 4) is 11.5 Å². The van der Waals surface area contributed by atoms with Gasteiger partial charge in [0, 0.05) is 12.8 Å². The molecule has 0 amide bonds. The predicted octanol–water partition coefficient (Wildman–Crippen LogP) is 5.33. The van der Waals surface area contributed by atoms with Gasteiger partial charge in [0.1, 0.15) is 11.6 Å². The lowest BCUT2D eigenvalue weighted by Crippen LogP contribution is -2.52. The van der Waals surface area contributed by atoms with Crippen LogP contribution in [-0.2, 0) is 30.2 Å². The molecule has 40 heavy (non-hydrogen) atoms. The van der Waals surface area contributed by atoms with Gasteiger partial charge >= 0.3 is 24.4 Å². The Morgan fingerprint density at radius 1 is 0.800 bits per heavy atom. The standard InChI is InChI=1S/C28H43NO11/c1-17(2)10-11-35-25(32)38-20(7)13-28(29,24(30)31)14-21-8-9-22(39-26(33)36-15-18(3)4)23(12-21)40-27(34)37-16-19(5)6/h8-9,12,17-20H,10-11,13-16,29H2,1-7H3,(H,30,31)/t20-,28?/m0/s1. The van der Waals surface area contributed by atoms with Crippen LogP contribution in [-0.4, -0.2) is 61.0 Å². The summed E-state index contributed by atoms with van der Waals surface area (Å²) >= 11 is 0. The minimum atomic E-state index is -1.87. The zero-order valence-corrected chi connectivity index (χ0v) is 24.4. The number of carbonyl (C=O) groups is 4. The Morgan fingerprint density at radius 2 is 1.35 bits per heavy atom. The first kappa shape index (κ1) is 34.5. The molecule has 0 radical (unpaired) electrons. The first-order chi connectivity index (χ1) is 18.6. The van der Waals surface area contributed by atoms with E-state index in [0.717, 1.165) is 0 Å². The van der Waals surface area contributed by atoms with Crippen molar-refractivity contribution in [1.82, 2.24) is 0 Å². The van der Waals surface area contributed by atoms with Crippen LogP contribution in [0.15, 0.2) is 18.2 Å². The van der Waals surface area contributed by atoms with E-state index >= 15 is 0 Å². The number of carboxylic acid groups (broad SMARTS) is 1. The van der Waals surface area contributed by atoms with Crippen molar-refractivity contribution in [3.63, 3.8) is 0 Å². The number of benzene rings is 1. The highest BCUT2D eigenvalue weighted by molar-refractivity contribution is 5.79. The number of rotatable bonds is 15. The predicted molar refractivity (Wildman–Crippen MR) is 144 cm³/mol. The van der Waals surface area contributed by atoms with Crippen LogP contribution >= 0.6 is 0 Å². The molecule has 0 saturated heterocycles. The lowest BCUT2D eigenvalue weighted by atomic mass is 9.86. The molecule has 12 nitrogen and oxygen atoms in total. The molecular formula is C28H43NO11. The average molecular weight is 570 g/mol. The number of carboxylic acids is 1. The molecule has 0 heterocycles. The van der Waals surface area contributed by atoms with Gasteiger partial charge in [-0.2, -0.15) is 0 Å². The van der Waals surface area contributed by atoms with E-state index in [1.165, 1.54) is 25.1 Å². The van der Waals surface area contributed by atoms with E-state index in [-0.39, 0.29) is 56.0 Å². The van der Waals surface area contributed by atoms with Gasteiger partial charge in [0.05, 0.1) is 19.8 Å². The summed E-state index contributed by atoms with van der Waals surface area (Å²) in [6, 6.07) is 4.11. The minimum Gasteiger partial charge on any atom is -0.480 e. The van der Waals surface area contributed by atoms with Crippen molar-refractivity contribution in [2.24, 2.45) is 23.5 Å². The SMILES string of the molecule is CC(C)CCOC(=O)O[C@@H](C)CC(N)(Cc1ccc(OC(=O)OCC(C)C)c(OC(=O)OCC(C)C)c1)C(=O)O. The van der Waals surface area contributed by atoms with E-state index in [2.05, 4.69) is 0 Å². The lowest BCUT2D eigenvalue weighted by Gasteiger charge is -2.28. The monoisotopic (exact) mass is 569 g/mol. The Kier molecular flexibility index (Phi) is 14.3. The first-order valence-electron chi connectivity index (χ1n) is 13.3. The van der Waals surface area contributed by atoms with Gasteiger partial charge in [-0.05, 0) is 48.8 Å². The van der Waals surface area contributed by atoms with Gasteiger partial charge in [-0.3, -0.25) is 4.79 Å².